The van der Waals surface area contributed by atoms with Crippen molar-refractivity contribution < 1.29 is 13.5 Å². The van der Waals surface area contributed by atoms with Crippen LogP contribution in [0.4, 0.5) is 8.78 Å². The number of hydrogen-bond donors (Lipinski definition) is 1. The average molecular weight is 406 g/mol. The molecule has 4 nitrogen and oxygen atoms in total. The van der Waals surface area contributed by atoms with Crippen LogP contribution in [0.25, 0.3) is 22.3 Å². The lowest BCUT2D eigenvalue weighted by Gasteiger charge is -2.18. The Labute approximate surface area is 167 Å². The predicted molar refractivity (Wildman–Crippen MR) is 107 cm³/mol. The van der Waals surface area contributed by atoms with E-state index in [2.05, 4.69) is 5.10 Å². The highest BCUT2D eigenvalue weighted by Crippen LogP contribution is 2.40. The number of hydrogen-bond acceptors (Lipinski definition) is 3. The van der Waals surface area contributed by atoms with Crippen molar-refractivity contribution in [2.45, 2.75) is 33.0 Å². The van der Waals surface area contributed by atoms with Crippen molar-refractivity contribution in [3.63, 3.8) is 0 Å². The maximum absolute atomic E-state index is 13.9. The molecular weight excluding hydrogens is 384 g/mol. The van der Waals surface area contributed by atoms with Crippen LogP contribution in [0.3, 0.4) is 0 Å². The summed E-state index contributed by atoms with van der Waals surface area (Å²) in [6.45, 7) is 6.14. The van der Waals surface area contributed by atoms with E-state index in [-0.39, 0.29) is 6.23 Å². The molecule has 1 aromatic heterocycles. The molecule has 0 amide bonds. The number of halogens is 3. The molecule has 0 spiro atoms. The van der Waals surface area contributed by atoms with Crippen molar-refractivity contribution in [3.05, 3.63) is 64.9 Å². The highest BCUT2D eigenvalue weighted by molar-refractivity contribution is 6.31. The third-order valence-corrected chi connectivity index (χ3v) is 4.69. The van der Waals surface area contributed by atoms with Crippen LogP contribution < -0.4 is 5.73 Å². The zero-order valence-electron chi connectivity index (χ0n) is 15.9. The van der Waals surface area contributed by atoms with Crippen LogP contribution in [-0.4, -0.2) is 16.4 Å². The highest BCUT2D eigenvalue weighted by atomic mass is 35.5. The standard InChI is InChI=1S/C21H22ClF2N3O/c1-4-28-13(3)27-11-15(10-26-27)20-8-16(22)7-19(12(2)25)21(20)14-5-17(23)9-18(24)6-14/h5-13H,4,25H2,1-3H3. The molecule has 2 N–H and O–H groups in total. The third-order valence-electron chi connectivity index (χ3n) is 4.47. The number of aromatic nitrogens is 2. The van der Waals surface area contributed by atoms with Gasteiger partial charge in [0.05, 0.1) is 6.20 Å². The van der Waals surface area contributed by atoms with Crippen molar-refractivity contribution >= 4 is 11.6 Å². The second-order valence-corrected chi connectivity index (χ2v) is 7.06. The molecule has 0 saturated carbocycles. The number of nitrogens with two attached hydrogens (primary N) is 1. The first-order valence-corrected chi connectivity index (χ1v) is 9.39. The molecule has 0 bridgehead atoms. The molecule has 0 aliphatic heterocycles. The normalized spacial score (nSPS) is 13.5. The van der Waals surface area contributed by atoms with Crippen LogP contribution in [0.15, 0.2) is 42.7 Å². The molecule has 148 valence electrons. The van der Waals surface area contributed by atoms with Crippen LogP contribution in [0.2, 0.25) is 5.02 Å². The highest BCUT2D eigenvalue weighted by Gasteiger charge is 2.19. The monoisotopic (exact) mass is 405 g/mol. The summed E-state index contributed by atoms with van der Waals surface area (Å²) in [4.78, 5) is 0. The lowest BCUT2D eigenvalue weighted by molar-refractivity contribution is 0.0160. The molecule has 0 aliphatic rings. The van der Waals surface area contributed by atoms with Gasteiger partial charge in [-0.15, -0.1) is 0 Å². The van der Waals surface area contributed by atoms with Crippen molar-refractivity contribution in [2.75, 3.05) is 6.61 Å². The van der Waals surface area contributed by atoms with E-state index in [1.54, 1.807) is 29.9 Å². The van der Waals surface area contributed by atoms with Crippen molar-refractivity contribution in [1.29, 1.82) is 0 Å². The van der Waals surface area contributed by atoms with E-state index >= 15 is 0 Å². The summed E-state index contributed by atoms with van der Waals surface area (Å²) in [6.07, 6.45) is 3.24. The van der Waals surface area contributed by atoms with Gasteiger partial charge in [-0.1, -0.05) is 11.6 Å². The van der Waals surface area contributed by atoms with Gasteiger partial charge in [0.15, 0.2) is 0 Å². The summed E-state index contributed by atoms with van der Waals surface area (Å²) >= 11 is 6.33. The van der Waals surface area contributed by atoms with Gasteiger partial charge in [0.25, 0.3) is 0 Å². The average Bonchev–Trinajstić information content (AvgIpc) is 3.10. The van der Waals surface area contributed by atoms with Crippen LogP contribution >= 0.6 is 11.6 Å². The zero-order chi connectivity index (χ0) is 20.4. The van der Waals surface area contributed by atoms with Gasteiger partial charge in [-0.3, -0.25) is 0 Å². The Morgan fingerprint density at radius 2 is 1.79 bits per heavy atom. The summed E-state index contributed by atoms with van der Waals surface area (Å²) in [7, 11) is 0. The van der Waals surface area contributed by atoms with Gasteiger partial charge in [0.1, 0.15) is 17.9 Å². The van der Waals surface area contributed by atoms with Gasteiger partial charge in [-0.05, 0) is 67.3 Å². The number of ether oxygens (including phenoxy) is 1. The number of rotatable bonds is 6. The van der Waals surface area contributed by atoms with E-state index in [1.807, 2.05) is 20.0 Å². The summed E-state index contributed by atoms with van der Waals surface area (Å²) in [5.41, 5.74) is 9.30. The Morgan fingerprint density at radius 1 is 1.11 bits per heavy atom. The Bertz CT molecular complexity index is 968. The summed E-state index contributed by atoms with van der Waals surface area (Å²) in [6, 6.07) is 6.49. The zero-order valence-corrected chi connectivity index (χ0v) is 16.7. The van der Waals surface area contributed by atoms with Crippen molar-refractivity contribution in [2.24, 2.45) is 5.73 Å². The molecule has 2 aromatic carbocycles. The van der Waals surface area contributed by atoms with E-state index in [9.17, 15) is 8.78 Å². The van der Waals surface area contributed by atoms with Crippen molar-refractivity contribution in [3.8, 4) is 22.3 Å². The fraction of sp³-hybridized carbons (Fsp3) is 0.286. The second kappa shape index (κ2) is 8.39. The first-order valence-electron chi connectivity index (χ1n) is 9.01. The van der Waals surface area contributed by atoms with Crippen LogP contribution in [0.5, 0.6) is 0 Å². The number of benzene rings is 2. The molecule has 0 radical (unpaired) electrons. The van der Waals surface area contributed by atoms with E-state index in [0.717, 1.165) is 11.6 Å². The van der Waals surface area contributed by atoms with Crippen LogP contribution in [0, 0.1) is 11.6 Å². The number of nitrogens with zero attached hydrogens (tertiary/aromatic N) is 2. The second-order valence-electron chi connectivity index (χ2n) is 6.63. The minimum Gasteiger partial charge on any atom is -0.357 e. The molecule has 2 unspecified atom stereocenters. The lowest BCUT2D eigenvalue weighted by atomic mass is 9.89. The summed E-state index contributed by atoms with van der Waals surface area (Å²) < 4.78 is 35.1. The van der Waals surface area contributed by atoms with E-state index in [0.29, 0.717) is 33.9 Å². The topological polar surface area (TPSA) is 53.1 Å². The summed E-state index contributed by atoms with van der Waals surface area (Å²) in [5.74, 6) is -1.32. The van der Waals surface area contributed by atoms with Crippen LogP contribution in [-0.2, 0) is 4.74 Å². The van der Waals surface area contributed by atoms with Gasteiger partial charge >= 0.3 is 0 Å². The maximum Gasteiger partial charge on any atom is 0.147 e. The van der Waals surface area contributed by atoms with E-state index < -0.39 is 17.7 Å². The predicted octanol–water partition coefficient (Wildman–Crippen LogP) is 5.72. The SMILES string of the molecule is CCOC(C)n1cc(-c2cc(Cl)cc(C(C)N)c2-c2cc(F)cc(F)c2)cn1. The Morgan fingerprint density at radius 3 is 2.39 bits per heavy atom. The molecule has 28 heavy (non-hydrogen) atoms. The van der Waals surface area contributed by atoms with Gasteiger partial charge in [0.2, 0.25) is 0 Å². The first kappa shape index (κ1) is 20.5. The molecule has 3 aromatic rings. The molecular formula is C21H22ClF2N3O. The van der Waals surface area contributed by atoms with Gasteiger partial charge in [0, 0.05) is 35.5 Å². The van der Waals surface area contributed by atoms with Gasteiger partial charge in [-0.2, -0.15) is 5.10 Å². The molecule has 7 heteroatoms. The largest absolute Gasteiger partial charge is 0.357 e. The minimum atomic E-state index is -0.660. The summed E-state index contributed by atoms with van der Waals surface area (Å²) in [5, 5.41) is 4.83. The molecule has 0 saturated heterocycles. The molecule has 0 fully saturated rings. The molecule has 1 heterocycles. The minimum absolute atomic E-state index is 0.249. The smallest absolute Gasteiger partial charge is 0.147 e. The van der Waals surface area contributed by atoms with Crippen molar-refractivity contribution in [1.82, 2.24) is 9.78 Å². The fourth-order valence-corrected chi connectivity index (χ4v) is 3.46. The Balaban J connectivity index is 2.23. The van der Waals surface area contributed by atoms with Gasteiger partial charge < -0.3 is 10.5 Å². The van der Waals surface area contributed by atoms with E-state index in [4.69, 9.17) is 22.1 Å². The molecule has 0 aliphatic carbocycles. The third kappa shape index (κ3) is 4.24. The Kier molecular flexibility index (Phi) is 6.13. The Hall–Kier alpha value is -2.28. The maximum atomic E-state index is 13.9. The molecule has 2 atom stereocenters. The fourth-order valence-electron chi connectivity index (χ4n) is 3.23. The van der Waals surface area contributed by atoms with E-state index in [1.165, 1.54) is 12.1 Å². The lowest BCUT2D eigenvalue weighted by Crippen LogP contribution is -2.09. The quantitative estimate of drug-likeness (QED) is 0.570. The van der Waals surface area contributed by atoms with Gasteiger partial charge in [-0.25, -0.2) is 13.5 Å². The molecule has 3 rings (SSSR count). The first-order chi connectivity index (χ1) is 13.3. The van der Waals surface area contributed by atoms with Crippen LogP contribution in [0.1, 0.15) is 38.6 Å².